The number of aromatic amines is 1. The van der Waals surface area contributed by atoms with E-state index in [-0.39, 0.29) is 5.56 Å². The molecule has 2 aromatic heterocycles. The molecule has 3 rings (SSSR count). The molecule has 23 heavy (non-hydrogen) atoms. The van der Waals surface area contributed by atoms with Crippen LogP contribution in [0.4, 0.5) is 19.1 Å². The van der Waals surface area contributed by atoms with Crippen molar-refractivity contribution < 1.29 is 18.0 Å². The Morgan fingerprint density at radius 1 is 1.26 bits per heavy atom. The minimum absolute atomic E-state index is 0.137. The molecular formula is C11H7F3N8O. The Bertz CT molecular complexity index is 826. The maximum absolute atomic E-state index is 12.4. The van der Waals surface area contributed by atoms with Crippen LogP contribution >= 0.6 is 0 Å². The molecule has 118 valence electrons. The van der Waals surface area contributed by atoms with Gasteiger partial charge in [-0.3, -0.25) is 15.2 Å². The van der Waals surface area contributed by atoms with Crippen molar-refractivity contribution in [2.75, 3.05) is 5.32 Å². The third-order valence-corrected chi connectivity index (χ3v) is 2.72. The number of alkyl halides is 3. The molecule has 0 aliphatic heterocycles. The summed E-state index contributed by atoms with van der Waals surface area (Å²) in [6.07, 6.45) is -3.40. The van der Waals surface area contributed by atoms with Gasteiger partial charge in [-0.1, -0.05) is 12.1 Å². The number of amides is 1. The number of nitrogens with zero attached hydrogens (tertiary/aromatic N) is 6. The molecule has 0 aliphatic rings. The zero-order valence-corrected chi connectivity index (χ0v) is 11.1. The van der Waals surface area contributed by atoms with E-state index in [0.29, 0.717) is 5.69 Å². The van der Waals surface area contributed by atoms with Crippen molar-refractivity contribution in [3.63, 3.8) is 0 Å². The van der Waals surface area contributed by atoms with E-state index in [4.69, 9.17) is 0 Å². The molecule has 0 atom stereocenters. The maximum atomic E-state index is 12.4. The predicted molar refractivity (Wildman–Crippen MR) is 68.5 cm³/mol. The molecule has 2 heterocycles. The summed E-state index contributed by atoms with van der Waals surface area (Å²) in [5, 5.41) is 17.8. The largest absolute Gasteiger partial charge is 0.451 e. The van der Waals surface area contributed by atoms with Crippen LogP contribution in [0, 0.1) is 0 Å². The monoisotopic (exact) mass is 324 g/mol. The third-order valence-electron chi connectivity index (χ3n) is 2.72. The fourth-order valence-electron chi connectivity index (χ4n) is 1.75. The molecule has 0 spiro atoms. The van der Waals surface area contributed by atoms with Crippen molar-refractivity contribution in [1.82, 2.24) is 35.4 Å². The second-order valence-corrected chi connectivity index (χ2v) is 4.23. The Morgan fingerprint density at radius 2 is 2.04 bits per heavy atom. The lowest BCUT2D eigenvalue weighted by Crippen LogP contribution is -2.16. The fourth-order valence-corrected chi connectivity index (χ4v) is 1.75. The predicted octanol–water partition coefficient (Wildman–Crippen LogP) is 1.05. The standard InChI is InChI=1S/C11H7F3N8O/c12-11(13,14)9-17-10(19-18-9)16-8(23)6-3-1-2-4-7(6)22-5-15-20-21-22/h1-5H,(H2,16,17,18,19,23). The van der Waals surface area contributed by atoms with Gasteiger partial charge in [0, 0.05) is 0 Å². The van der Waals surface area contributed by atoms with Gasteiger partial charge in [0.25, 0.3) is 5.91 Å². The number of hydrogen-bond donors (Lipinski definition) is 2. The molecule has 0 fully saturated rings. The average molecular weight is 324 g/mol. The van der Waals surface area contributed by atoms with Gasteiger partial charge < -0.3 is 0 Å². The van der Waals surface area contributed by atoms with Crippen LogP contribution in [0.2, 0.25) is 0 Å². The number of rotatable bonds is 3. The smallest absolute Gasteiger partial charge is 0.289 e. The first-order valence-corrected chi connectivity index (χ1v) is 6.08. The first-order chi connectivity index (χ1) is 10.9. The molecule has 0 radical (unpaired) electrons. The number of carbonyl (C=O) groups is 1. The van der Waals surface area contributed by atoms with Crippen molar-refractivity contribution in [3.05, 3.63) is 42.0 Å². The molecule has 2 N–H and O–H groups in total. The number of H-pyrrole nitrogens is 1. The number of hydrogen-bond acceptors (Lipinski definition) is 6. The highest BCUT2D eigenvalue weighted by Crippen LogP contribution is 2.26. The van der Waals surface area contributed by atoms with Crippen molar-refractivity contribution in [3.8, 4) is 5.69 Å². The molecule has 0 unspecified atom stereocenters. The van der Waals surface area contributed by atoms with Gasteiger partial charge >= 0.3 is 6.18 Å². The van der Waals surface area contributed by atoms with Gasteiger partial charge in [-0.15, -0.1) is 10.2 Å². The van der Waals surface area contributed by atoms with Gasteiger partial charge in [-0.05, 0) is 22.6 Å². The highest BCUT2D eigenvalue weighted by molar-refractivity contribution is 6.05. The van der Waals surface area contributed by atoms with Crippen LogP contribution in [-0.2, 0) is 6.18 Å². The molecule has 12 heteroatoms. The summed E-state index contributed by atoms with van der Waals surface area (Å²) in [6, 6.07) is 6.28. The quantitative estimate of drug-likeness (QED) is 0.744. The van der Waals surface area contributed by atoms with Crippen molar-refractivity contribution in [2.45, 2.75) is 6.18 Å². The number of para-hydroxylation sites is 1. The molecule has 0 bridgehead atoms. The van der Waals surface area contributed by atoms with Crippen molar-refractivity contribution in [2.24, 2.45) is 0 Å². The first kappa shape index (κ1) is 14.6. The van der Waals surface area contributed by atoms with Gasteiger partial charge in [-0.2, -0.15) is 22.8 Å². The number of halogens is 3. The van der Waals surface area contributed by atoms with E-state index in [1.165, 1.54) is 17.1 Å². The summed E-state index contributed by atoms with van der Waals surface area (Å²) in [6.45, 7) is 0. The van der Waals surface area contributed by atoms with Gasteiger partial charge in [0.1, 0.15) is 6.33 Å². The molecule has 3 aromatic rings. The first-order valence-electron chi connectivity index (χ1n) is 6.08. The summed E-state index contributed by atoms with van der Waals surface area (Å²) >= 11 is 0. The molecular weight excluding hydrogens is 317 g/mol. The number of carbonyl (C=O) groups excluding carboxylic acids is 1. The summed E-state index contributed by atoms with van der Waals surface area (Å²) in [7, 11) is 0. The van der Waals surface area contributed by atoms with Crippen LogP contribution in [0.25, 0.3) is 5.69 Å². The topological polar surface area (TPSA) is 114 Å². The Labute approximate surface area is 125 Å². The summed E-state index contributed by atoms with van der Waals surface area (Å²) < 4.78 is 38.6. The van der Waals surface area contributed by atoms with E-state index >= 15 is 0 Å². The van der Waals surface area contributed by atoms with E-state index < -0.39 is 23.9 Å². The van der Waals surface area contributed by atoms with Crippen LogP contribution in [0.15, 0.2) is 30.6 Å². The Morgan fingerprint density at radius 3 is 2.70 bits per heavy atom. The number of nitrogens with one attached hydrogen (secondary N) is 2. The number of anilines is 1. The van der Waals surface area contributed by atoms with Crippen LogP contribution < -0.4 is 5.32 Å². The zero-order valence-electron chi connectivity index (χ0n) is 11.1. The van der Waals surface area contributed by atoms with E-state index in [9.17, 15) is 18.0 Å². The van der Waals surface area contributed by atoms with Gasteiger partial charge in [0.2, 0.25) is 11.8 Å². The van der Waals surface area contributed by atoms with E-state index in [2.05, 4.69) is 30.9 Å². The number of benzene rings is 1. The Kier molecular flexibility index (Phi) is 3.48. The number of aromatic nitrogens is 7. The van der Waals surface area contributed by atoms with Crippen LogP contribution in [0.1, 0.15) is 16.2 Å². The van der Waals surface area contributed by atoms with Crippen LogP contribution in [0.5, 0.6) is 0 Å². The normalized spacial score (nSPS) is 11.4. The third kappa shape index (κ3) is 3.00. The Hall–Kier alpha value is -3.31. The highest BCUT2D eigenvalue weighted by atomic mass is 19.4. The lowest BCUT2D eigenvalue weighted by Gasteiger charge is -2.07. The molecule has 9 nitrogen and oxygen atoms in total. The van der Waals surface area contributed by atoms with Gasteiger partial charge in [0.05, 0.1) is 11.3 Å². The van der Waals surface area contributed by atoms with Crippen molar-refractivity contribution in [1.29, 1.82) is 0 Å². The molecule has 0 saturated heterocycles. The van der Waals surface area contributed by atoms with E-state index in [0.717, 1.165) is 0 Å². The molecule has 0 saturated carbocycles. The molecule has 1 amide bonds. The van der Waals surface area contributed by atoms with Crippen LogP contribution in [0.3, 0.4) is 0 Å². The summed E-state index contributed by atoms with van der Waals surface area (Å²) in [4.78, 5) is 15.4. The van der Waals surface area contributed by atoms with Crippen molar-refractivity contribution >= 4 is 11.9 Å². The summed E-state index contributed by atoms with van der Waals surface area (Å²) in [5.41, 5.74) is 0.486. The minimum Gasteiger partial charge on any atom is -0.289 e. The fraction of sp³-hybridized carbons (Fsp3) is 0.0909. The van der Waals surface area contributed by atoms with E-state index in [1.54, 1.807) is 23.3 Å². The minimum atomic E-state index is -4.68. The zero-order chi connectivity index (χ0) is 16.4. The van der Waals surface area contributed by atoms with Gasteiger partial charge in [0.15, 0.2) is 0 Å². The average Bonchev–Trinajstić information content (AvgIpc) is 3.18. The highest BCUT2D eigenvalue weighted by Gasteiger charge is 2.35. The van der Waals surface area contributed by atoms with Crippen LogP contribution in [-0.4, -0.2) is 41.3 Å². The molecule has 0 aliphatic carbocycles. The summed E-state index contributed by atoms with van der Waals surface area (Å²) in [5.74, 6) is -2.50. The second-order valence-electron chi connectivity index (χ2n) is 4.23. The lowest BCUT2D eigenvalue weighted by atomic mass is 10.1. The maximum Gasteiger partial charge on any atom is 0.451 e. The molecule has 1 aromatic carbocycles. The van der Waals surface area contributed by atoms with E-state index in [1.807, 2.05) is 0 Å². The second kappa shape index (κ2) is 5.47. The number of tetrazole rings is 1. The Balaban J connectivity index is 1.86. The van der Waals surface area contributed by atoms with Gasteiger partial charge in [-0.25, -0.2) is 0 Å². The SMILES string of the molecule is O=C(Nc1n[nH]c(C(F)(F)F)n1)c1ccccc1-n1cnnn1. The lowest BCUT2D eigenvalue weighted by molar-refractivity contribution is -0.144.